The van der Waals surface area contributed by atoms with Gasteiger partial charge in [-0.1, -0.05) is 29.8 Å². The Morgan fingerprint density at radius 1 is 0.952 bits per heavy atom. The zero-order valence-electron chi connectivity index (χ0n) is 12.5. The first-order valence-corrected chi connectivity index (χ1v) is 7.63. The van der Waals surface area contributed by atoms with Crippen molar-refractivity contribution in [1.82, 2.24) is 15.3 Å². The van der Waals surface area contributed by atoms with E-state index >= 15 is 0 Å². The fourth-order valence-electron chi connectivity index (χ4n) is 2.58. The van der Waals surface area contributed by atoms with E-state index in [0.29, 0.717) is 0 Å². The smallest absolute Gasteiger partial charge is 0.225 e. The molecular formula is C17H22N4. The van der Waals surface area contributed by atoms with Crippen LogP contribution in [0.25, 0.3) is 0 Å². The fourth-order valence-corrected chi connectivity index (χ4v) is 2.58. The van der Waals surface area contributed by atoms with E-state index in [4.69, 9.17) is 0 Å². The van der Waals surface area contributed by atoms with Gasteiger partial charge in [0.25, 0.3) is 0 Å². The van der Waals surface area contributed by atoms with E-state index in [1.165, 1.54) is 24.0 Å². The molecule has 3 rings (SSSR count). The minimum absolute atomic E-state index is 0.800. The molecule has 2 aromatic rings. The molecule has 0 unspecified atom stereocenters. The number of aromatic nitrogens is 2. The Labute approximate surface area is 126 Å². The lowest BCUT2D eigenvalue weighted by atomic mass is 10.1. The number of hydrogen-bond acceptors (Lipinski definition) is 4. The lowest BCUT2D eigenvalue weighted by Crippen LogP contribution is -2.20. The molecule has 1 N–H and O–H groups in total. The summed E-state index contributed by atoms with van der Waals surface area (Å²) >= 11 is 0. The Kier molecular flexibility index (Phi) is 4.46. The van der Waals surface area contributed by atoms with Crippen molar-refractivity contribution < 1.29 is 0 Å². The van der Waals surface area contributed by atoms with Crippen LogP contribution in [0.4, 0.5) is 5.95 Å². The van der Waals surface area contributed by atoms with Gasteiger partial charge < -0.3 is 10.2 Å². The summed E-state index contributed by atoms with van der Waals surface area (Å²) in [5.74, 6) is 0.870. The highest BCUT2D eigenvalue weighted by Gasteiger charge is 2.14. The largest absolute Gasteiger partial charge is 0.341 e. The zero-order chi connectivity index (χ0) is 14.5. The van der Waals surface area contributed by atoms with Crippen LogP contribution in [0.2, 0.25) is 0 Å². The van der Waals surface area contributed by atoms with E-state index in [1.807, 2.05) is 12.4 Å². The van der Waals surface area contributed by atoms with Crippen LogP contribution in [0.5, 0.6) is 0 Å². The molecule has 0 amide bonds. The summed E-state index contributed by atoms with van der Waals surface area (Å²) in [6.45, 7) is 5.95. The number of anilines is 1. The average molecular weight is 282 g/mol. The van der Waals surface area contributed by atoms with Crippen molar-refractivity contribution in [1.29, 1.82) is 0 Å². The van der Waals surface area contributed by atoms with Gasteiger partial charge in [0.15, 0.2) is 0 Å². The third-order valence-corrected chi connectivity index (χ3v) is 3.86. The Bertz CT molecular complexity index is 556. The Morgan fingerprint density at radius 2 is 1.57 bits per heavy atom. The van der Waals surface area contributed by atoms with Gasteiger partial charge in [-0.3, -0.25) is 0 Å². The lowest BCUT2D eigenvalue weighted by molar-refractivity contribution is 0.688. The molecule has 0 atom stereocenters. The maximum atomic E-state index is 4.47. The zero-order valence-corrected chi connectivity index (χ0v) is 12.5. The second-order valence-electron chi connectivity index (χ2n) is 5.67. The van der Waals surface area contributed by atoms with Crippen LogP contribution in [0, 0.1) is 6.92 Å². The first kappa shape index (κ1) is 14.0. The van der Waals surface area contributed by atoms with E-state index in [0.717, 1.165) is 37.7 Å². The van der Waals surface area contributed by atoms with Gasteiger partial charge >= 0.3 is 0 Å². The molecule has 2 heterocycles. The SMILES string of the molecule is Cc1ccc(CNCc2cnc(N3CCCC3)nc2)cc1. The number of benzene rings is 1. The molecule has 0 aliphatic carbocycles. The summed E-state index contributed by atoms with van der Waals surface area (Å²) in [5.41, 5.74) is 3.73. The van der Waals surface area contributed by atoms with Crippen molar-refractivity contribution in [2.75, 3.05) is 18.0 Å². The third kappa shape index (κ3) is 3.79. The summed E-state index contributed by atoms with van der Waals surface area (Å²) in [4.78, 5) is 11.2. The van der Waals surface area contributed by atoms with Crippen LogP contribution < -0.4 is 10.2 Å². The van der Waals surface area contributed by atoms with Crippen molar-refractivity contribution >= 4 is 5.95 Å². The summed E-state index contributed by atoms with van der Waals surface area (Å²) in [5, 5.41) is 3.43. The topological polar surface area (TPSA) is 41.1 Å². The molecule has 1 aromatic carbocycles. The summed E-state index contributed by atoms with van der Waals surface area (Å²) in [6, 6.07) is 8.61. The molecule has 1 aliphatic rings. The second-order valence-corrected chi connectivity index (χ2v) is 5.67. The molecule has 21 heavy (non-hydrogen) atoms. The highest BCUT2D eigenvalue weighted by atomic mass is 15.3. The van der Waals surface area contributed by atoms with E-state index in [-0.39, 0.29) is 0 Å². The van der Waals surface area contributed by atoms with Crippen LogP contribution in [0.3, 0.4) is 0 Å². The van der Waals surface area contributed by atoms with Crippen molar-refractivity contribution in [3.05, 3.63) is 53.3 Å². The molecule has 0 bridgehead atoms. The third-order valence-electron chi connectivity index (χ3n) is 3.86. The molecule has 0 radical (unpaired) electrons. The van der Waals surface area contributed by atoms with Gasteiger partial charge in [-0.2, -0.15) is 0 Å². The van der Waals surface area contributed by atoms with Crippen molar-refractivity contribution in [3.63, 3.8) is 0 Å². The van der Waals surface area contributed by atoms with Crippen LogP contribution in [0.1, 0.15) is 29.5 Å². The molecule has 110 valence electrons. The standard InChI is InChI=1S/C17H22N4/c1-14-4-6-15(7-5-14)10-18-11-16-12-19-17(20-13-16)21-8-2-3-9-21/h4-7,12-13,18H,2-3,8-11H2,1H3. The van der Waals surface area contributed by atoms with Crippen LogP contribution >= 0.6 is 0 Å². The van der Waals surface area contributed by atoms with E-state index in [1.54, 1.807) is 0 Å². The van der Waals surface area contributed by atoms with Gasteiger partial charge in [0.05, 0.1) is 0 Å². The van der Waals surface area contributed by atoms with Gasteiger partial charge in [0.1, 0.15) is 0 Å². The maximum absolute atomic E-state index is 4.47. The molecule has 0 saturated carbocycles. The second kappa shape index (κ2) is 6.68. The number of rotatable bonds is 5. The lowest BCUT2D eigenvalue weighted by Gasteiger charge is -2.14. The normalized spacial score (nSPS) is 14.6. The minimum Gasteiger partial charge on any atom is -0.341 e. The van der Waals surface area contributed by atoms with E-state index < -0.39 is 0 Å². The predicted molar refractivity (Wildman–Crippen MR) is 85.2 cm³/mol. The summed E-state index contributed by atoms with van der Waals surface area (Å²) in [7, 11) is 0. The Hall–Kier alpha value is -1.94. The molecule has 1 saturated heterocycles. The predicted octanol–water partition coefficient (Wildman–Crippen LogP) is 2.68. The molecule has 1 aromatic heterocycles. The molecule has 4 heteroatoms. The molecule has 1 fully saturated rings. The highest BCUT2D eigenvalue weighted by molar-refractivity contribution is 5.31. The van der Waals surface area contributed by atoms with Gasteiger partial charge in [-0.25, -0.2) is 9.97 Å². The van der Waals surface area contributed by atoms with Gasteiger partial charge in [-0.05, 0) is 25.3 Å². The fraction of sp³-hybridized carbons (Fsp3) is 0.412. The van der Waals surface area contributed by atoms with Crippen LogP contribution in [-0.2, 0) is 13.1 Å². The van der Waals surface area contributed by atoms with Crippen molar-refractivity contribution in [2.24, 2.45) is 0 Å². The minimum atomic E-state index is 0.800. The molecule has 1 aliphatic heterocycles. The number of nitrogens with one attached hydrogen (secondary N) is 1. The Morgan fingerprint density at radius 3 is 2.24 bits per heavy atom. The van der Waals surface area contributed by atoms with Crippen molar-refractivity contribution in [2.45, 2.75) is 32.9 Å². The summed E-state index contributed by atoms with van der Waals surface area (Å²) < 4.78 is 0. The van der Waals surface area contributed by atoms with E-state index in [2.05, 4.69) is 51.4 Å². The van der Waals surface area contributed by atoms with Gasteiger partial charge in [-0.15, -0.1) is 0 Å². The average Bonchev–Trinajstić information content (AvgIpc) is 3.04. The molecular weight excluding hydrogens is 260 g/mol. The maximum Gasteiger partial charge on any atom is 0.225 e. The van der Waals surface area contributed by atoms with Crippen molar-refractivity contribution in [3.8, 4) is 0 Å². The quantitative estimate of drug-likeness (QED) is 0.915. The van der Waals surface area contributed by atoms with E-state index in [9.17, 15) is 0 Å². The molecule has 4 nitrogen and oxygen atoms in total. The van der Waals surface area contributed by atoms with Gasteiger partial charge in [0, 0.05) is 44.1 Å². The number of nitrogens with zero attached hydrogens (tertiary/aromatic N) is 3. The van der Waals surface area contributed by atoms with Crippen LogP contribution in [-0.4, -0.2) is 23.1 Å². The summed E-state index contributed by atoms with van der Waals surface area (Å²) in [6.07, 6.45) is 6.37. The van der Waals surface area contributed by atoms with Gasteiger partial charge in [0.2, 0.25) is 5.95 Å². The molecule has 0 spiro atoms. The highest BCUT2D eigenvalue weighted by Crippen LogP contribution is 2.14. The monoisotopic (exact) mass is 282 g/mol. The first-order valence-electron chi connectivity index (χ1n) is 7.63. The number of hydrogen-bond donors (Lipinski definition) is 1. The Balaban J connectivity index is 1.50. The van der Waals surface area contributed by atoms with Crippen LogP contribution in [0.15, 0.2) is 36.7 Å². The number of aryl methyl sites for hydroxylation is 1. The first-order chi connectivity index (χ1) is 10.3.